The lowest BCUT2D eigenvalue weighted by atomic mass is 9.84. The number of carbonyl (C=O) groups excluding carboxylic acids is 2. The summed E-state index contributed by atoms with van der Waals surface area (Å²) < 4.78 is 50.3. The van der Waals surface area contributed by atoms with Crippen LogP contribution in [0.1, 0.15) is 42.7 Å². The van der Waals surface area contributed by atoms with E-state index in [1.54, 1.807) is 18.2 Å². The Morgan fingerprint density at radius 1 is 1.03 bits per heavy atom. The second-order valence-electron chi connectivity index (χ2n) is 9.76. The standard InChI is InChI=1S/C26H28F3N3O5/c27-26(28,29)15-3-5-16(6-4-15)31-25(35)32-17-7-8-21-19(9-17)20-10-18(36-22(13-33)24(20)37-21)11-23(34)30-12-14-1-2-14/h3-9,14,18,20,22,24,33H,1-2,10-13H2,(H,30,34)(H2,31,32,35)/t18-,20-,22-,24+/m1/s1. The molecule has 1 saturated carbocycles. The number of alkyl halides is 3. The van der Waals surface area contributed by atoms with Crippen LogP contribution in [0.2, 0.25) is 0 Å². The van der Waals surface area contributed by atoms with Crippen LogP contribution in [-0.4, -0.2) is 48.5 Å². The van der Waals surface area contributed by atoms with Crippen molar-refractivity contribution in [2.75, 3.05) is 23.8 Å². The largest absolute Gasteiger partial charge is 0.487 e. The summed E-state index contributed by atoms with van der Waals surface area (Å²) in [6.07, 6.45) is -2.85. The normalized spacial score (nSPS) is 24.4. The van der Waals surface area contributed by atoms with Gasteiger partial charge in [-0.15, -0.1) is 0 Å². The van der Waals surface area contributed by atoms with Crippen LogP contribution in [0.15, 0.2) is 42.5 Å². The maximum absolute atomic E-state index is 12.7. The highest BCUT2D eigenvalue weighted by Gasteiger charge is 2.46. The molecule has 3 amide bonds. The Hall–Kier alpha value is -3.31. The minimum absolute atomic E-state index is 0.0819. The highest BCUT2D eigenvalue weighted by molar-refractivity contribution is 5.99. The summed E-state index contributed by atoms with van der Waals surface area (Å²) >= 11 is 0. The molecule has 1 saturated heterocycles. The van der Waals surface area contributed by atoms with Gasteiger partial charge in [0.25, 0.3) is 0 Å². The number of amides is 3. The number of anilines is 2. The van der Waals surface area contributed by atoms with Gasteiger partial charge in [0.05, 0.1) is 24.7 Å². The fourth-order valence-electron chi connectivity index (χ4n) is 4.86. The SMILES string of the molecule is O=C(C[C@H]1C[C@@H]2c3cc(NC(=O)Nc4ccc(C(F)(F)F)cc4)ccc3O[C@@H]2[C@@H](CO)O1)NCC1CC1. The van der Waals surface area contributed by atoms with Crippen LogP contribution in [0.4, 0.5) is 29.3 Å². The van der Waals surface area contributed by atoms with Gasteiger partial charge in [-0.1, -0.05) is 0 Å². The van der Waals surface area contributed by atoms with Crippen LogP contribution in [0.5, 0.6) is 5.75 Å². The number of halogens is 3. The zero-order valence-electron chi connectivity index (χ0n) is 19.9. The van der Waals surface area contributed by atoms with E-state index in [1.165, 1.54) is 12.1 Å². The van der Waals surface area contributed by atoms with Crippen molar-refractivity contribution in [1.29, 1.82) is 0 Å². The first-order chi connectivity index (χ1) is 17.7. The molecule has 4 N–H and O–H groups in total. The van der Waals surface area contributed by atoms with Crippen molar-refractivity contribution in [2.24, 2.45) is 5.92 Å². The summed E-state index contributed by atoms with van der Waals surface area (Å²) in [7, 11) is 0. The second kappa shape index (κ2) is 10.2. The number of hydrogen-bond acceptors (Lipinski definition) is 5. The Morgan fingerprint density at radius 2 is 1.73 bits per heavy atom. The van der Waals surface area contributed by atoms with E-state index >= 15 is 0 Å². The highest BCUT2D eigenvalue weighted by Crippen LogP contribution is 2.47. The number of fused-ring (bicyclic) bond motifs is 3. The minimum Gasteiger partial charge on any atom is -0.487 e. The number of ether oxygens (including phenoxy) is 2. The molecule has 0 radical (unpaired) electrons. The average molecular weight is 520 g/mol. The number of aliphatic hydroxyl groups excluding tert-OH is 1. The predicted octanol–water partition coefficient (Wildman–Crippen LogP) is 4.26. The summed E-state index contributed by atoms with van der Waals surface area (Å²) in [4.78, 5) is 24.8. The molecular formula is C26H28F3N3O5. The molecular weight excluding hydrogens is 491 g/mol. The van der Waals surface area contributed by atoms with Gasteiger partial charge in [-0.25, -0.2) is 4.79 Å². The van der Waals surface area contributed by atoms with Crippen LogP contribution in [0, 0.1) is 5.92 Å². The maximum Gasteiger partial charge on any atom is 0.416 e. The lowest BCUT2D eigenvalue weighted by Gasteiger charge is -2.37. The van der Waals surface area contributed by atoms with Crippen molar-refractivity contribution < 1.29 is 37.3 Å². The van der Waals surface area contributed by atoms with Gasteiger partial charge in [0.1, 0.15) is 18.0 Å². The van der Waals surface area contributed by atoms with Crippen molar-refractivity contribution >= 4 is 23.3 Å². The van der Waals surface area contributed by atoms with Crippen LogP contribution in [0.3, 0.4) is 0 Å². The molecule has 0 aromatic heterocycles. The molecule has 1 aliphatic carbocycles. The fourth-order valence-corrected chi connectivity index (χ4v) is 4.86. The number of aliphatic hydroxyl groups is 1. The van der Waals surface area contributed by atoms with E-state index in [0.29, 0.717) is 30.3 Å². The smallest absolute Gasteiger partial charge is 0.416 e. The molecule has 37 heavy (non-hydrogen) atoms. The van der Waals surface area contributed by atoms with E-state index < -0.39 is 30.0 Å². The van der Waals surface area contributed by atoms with Gasteiger partial charge in [0.15, 0.2) is 0 Å². The Balaban J connectivity index is 1.23. The van der Waals surface area contributed by atoms with Crippen LogP contribution < -0.4 is 20.7 Å². The van der Waals surface area contributed by atoms with Crippen LogP contribution in [-0.2, 0) is 15.7 Å². The Labute approximate surface area is 211 Å². The molecule has 0 spiro atoms. The van der Waals surface area contributed by atoms with Gasteiger partial charge >= 0.3 is 12.2 Å². The van der Waals surface area contributed by atoms with Gasteiger partial charge in [0, 0.05) is 29.4 Å². The molecule has 2 aromatic rings. The molecule has 2 aliphatic heterocycles. The molecule has 2 heterocycles. The predicted molar refractivity (Wildman–Crippen MR) is 128 cm³/mol. The first-order valence-electron chi connectivity index (χ1n) is 12.3. The lowest BCUT2D eigenvalue weighted by molar-refractivity contribution is -0.142. The van der Waals surface area contributed by atoms with Gasteiger partial charge in [-0.05, 0) is 67.6 Å². The van der Waals surface area contributed by atoms with Crippen LogP contribution >= 0.6 is 0 Å². The van der Waals surface area contributed by atoms with Gasteiger partial charge in [0.2, 0.25) is 5.91 Å². The summed E-state index contributed by atoms with van der Waals surface area (Å²) in [5, 5.41) is 18.0. The third-order valence-corrected chi connectivity index (χ3v) is 6.93. The molecule has 8 nitrogen and oxygen atoms in total. The molecule has 0 unspecified atom stereocenters. The van der Waals surface area contributed by atoms with Crippen molar-refractivity contribution in [1.82, 2.24) is 5.32 Å². The summed E-state index contributed by atoms with van der Waals surface area (Å²) in [6.45, 7) is 0.423. The number of carbonyl (C=O) groups is 2. The fraction of sp³-hybridized carbons (Fsp3) is 0.462. The van der Waals surface area contributed by atoms with Crippen molar-refractivity contribution in [3.8, 4) is 5.75 Å². The Bertz CT molecular complexity index is 1150. The van der Waals surface area contributed by atoms with Crippen molar-refractivity contribution in [3.05, 3.63) is 53.6 Å². The highest BCUT2D eigenvalue weighted by atomic mass is 19.4. The van der Waals surface area contributed by atoms with E-state index in [4.69, 9.17) is 9.47 Å². The number of rotatable bonds is 7. The van der Waals surface area contributed by atoms with E-state index in [-0.39, 0.29) is 36.6 Å². The van der Waals surface area contributed by atoms with Gasteiger partial charge in [-0.2, -0.15) is 13.2 Å². The number of nitrogens with one attached hydrogen (secondary N) is 3. The topological polar surface area (TPSA) is 109 Å². The molecule has 4 atom stereocenters. The first kappa shape index (κ1) is 25.3. The Morgan fingerprint density at radius 3 is 2.41 bits per heavy atom. The van der Waals surface area contributed by atoms with Crippen molar-refractivity contribution in [3.63, 3.8) is 0 Å². The molecule has 3 aliphatic rings. The van der Waals surface area contributed by atoms with Gasteiger partial charge < -0.3 is 30.5 Å². The quantitative estimate of drug-likeness (QED) is 0.437. The molecule has 0 bridgehead atoms. The average Bonchev–Trinajstić information content (AvgIpc) is 3.62. The van der Waals surface area contributed by atoms with E-state index in [1.807, 2.05) is 0 Å². The minimum atomic E-state index is -4.45. The molecule has 11 heteroatoms. The van der Waals surface area contributed by atoms with E-state index in [9.17, 15) is 27.9 Å². The van der Waals surface area contributed by atoms with E-state index in [0.717, 1.165) is 30.5 Å². The maximum atomic E-state index is 12.7. The van der Waals surface area contributed by atoms with Crippen LogP contribution in [0.25, 0.3) is 0 Å². The lowest BCUT2D eigenvalue weighted by Crippen LogP contribution is -2.47. The number of benzene rings is 2. The summed E-state index contributed by atoms with van der Waals surface area (Å²) in [6, 6.07) is 8.69. The monoisotopic (exact) mass is 519 g/mol. The molecule has 2 fully saturated rings. The molecule has 2 aromatic carbocycles. The Kier molecular flexibility index (Phi) is 7.00. The molecule has 5 rings (SSSR count). The third kappa shape index (κ3) is 5.99. The van der Waals surface area contributed by atoms with Crippen molar-refractivity contribution in [2.45, 2.75) is 56.1 Å². The number of urea groups is 1. The zero-order chi connectivity index (χ0) is 26.2. The van der Waals surface area contributed by atoms with Gasteiger partial charge in [-0.3, -0.25) is 4.79 Å². The third-order valence-electron chi connectivity index (χ3n) is 6.93. The number of hydrogen-bond donors (Lipinski definition) is 4. The second-order valence-corrected chi connectivity index (χ2v) is 9.76. The summed E-state index contributed by atoms with van der Waals surface area (Å²) in [5.41, 5.74) is 0.719. The van der Waals surface area contributed by atoms with E-state index in [2.05, 4.69) is 16.0 Å². The zero-order valence-corrected chi connectivity index (χ0v) is 19.9. The first-order valence-corrected chi connectivity index (χ1v) is 12.3. The molecule has 198 valence electrons. The summed E-state index contributed by atoms with van der Waals surface area (Å²) in [5.74, 6) is 0.969.